The van der Waals surface area contributed by atoms with Gasteiger partial charge in [-0.25, -0.2) is 16.8 Å². The van der Waals surface area contributed by atoms with E-state index in [2.05, 4.69) is 10.6 Å². The number of ether oxygens (including phenoxy) is 6. The Hall–Kier alpha value is -6.93. The summed E-state index contributed by atoms with van der Waals surface area (Å²) in [4.78, 5) is 37.3. The molecule has 2 amide bonds. The summed E-state index contributed by atoms with van der Waals surface area (Å²) in [5.41, 5.74) is 6.71. The van der Waals surface area contributed by atoms with Crippen LogP contribution in [0.15, 0.2) is 113 Å². The Morgan fingerprint density at radius 3 is 1.33 bits per heavy atom. The lowest BCUT2D eigenvalue weighted by molar-refractivity contribution is 0.0315. The van der Waals surface area contributed by atoms with Crippen LogP contribution in [0.1, 0.15) is 69.9 Å². The van der Waals surface area contributed by atoms with Crippen LogP contribution in [-0.4, -0.2) is 121 Å². The SMILES string of the molecule is CCS(=O)(=O)c1ccc(C2=CCN3C(=O)c4cc(OC)c(OCc5cccc(COc6cc7c(cc6OC)C(=O)N6CC=C(c8ccc(S(=O)(=O)CC)cc8)C[C@H]6C(OC)N7)n5)cc4NC(OC)[C@@H]3C2)cc1. The molecule has 4 aliphatic rings. The molecule has 4 atom stereocenters. The average molecular weight is 1020 g/mol. The predicted octanol–water partition coefficient (Wildman–Crippen LogP) is 7.24. The Labute approximate surface area is 419 Å². The van der Waals surface area contributed by atoms with Crippen molar-refractivity contribution in [1.82, 2.24) is 14.8 Å². The predicted molar refractivity (Wildman–Crippen MR) is 271 cm³/mol. The first kappa shape index (κ1) is 50.0. The molecule has 2 N–H and O–H groups in total. The molecule has 4 aliphatic heterocycles. The largest absolute Gasteiger partial charge is 0.493 e. The average Bonchev–Trinajstić information content (AvgIpc) is 3.60. The van der Waals surface area contributed by atoms with Gasteiger partial charge in [-0.05, 0) is 83.6 Å². The molecule has 0 saturated carbocycles. The molecule has 0 aliphatic carbocycles. The van der Waals surface area contributed by atoms with Crippen molar-refractivity contribution in [3.05, 3.63) is 137 Å². The molecule has 19 heteroatoms. The van der Waals surface area contributed by atoms with Crippen LogP contribution in [0.4, 0.5) is 11.4 Å². The van der Waals surface area contributed by atoms with Crippen molar-refractivity contribution in [1.29, 1.82) is 0 Å². The summed E-state index contributed by atoms with van der Waals surface area (Å²) in [5.74, 6) is 1.09. The number of carbonyl (C=O) groups is 2. The van der Waals surface area contributed by atoms with Crippen LogP contribution in [0.2, 0.25) is 0 Å². The van der Waals surface area contributed by atoms with Crippen molar-refractivity contribution in [3.63, 3.8) is 0 Å². The molecule has 0 fully saturated rings. The van der Waals surface area contributed by atoms with Gasteiger partial charge in [0.15, 0.2) is 42.7 Å². The lowest BCUT2D eigenvalue weighted by atomic mass is 9.93. The number of sulfone groups is 2. The molecule has 9 rings (SSSR count). The molecule has 0 radical (unpaired) electrons. The Morgan fingerprint density at radius 2 is 0.972 bits per heavy atom. The van der Waals surface area contributed by atoms with Gasteiger partial charge in [-0.3, -0.25) is 14.6 Å². The van der Waals surface area contributed by atoms with Gasteiger partial charge in [0, 0.05) is 39.4 Å². The van der Waals surface area contributed by atoms with Gasteiger partial charge >= 0.3 is 0 Å². The first-order chi connectivity index (χ1) is 34.7. The quantitative estimate of drug-likeness (QED) is 0.100. The second-order valence-corrected chi connectivity index (χ2v) is 22.2. The second kappa shape index (κ2) is 20.7. The molecule has 5 aromatic rings. The van der Waals surface area contributed by atoms with Gasteiger partial charge in [0.2, 0.25) is 0 Å². The van der Waals surface area contributed by atoms with Crippen LogP contribution in [0.3, 0.4) is 0 Å². The summed E-state index contributed by atoms with van der Waals surface area (Å²) >= 11 is 0. The smallest absolute Gasteiger partial charge is 0.256 e. The number of anilines is 2. The summed E-state index contributed by atoms with van der Waals surface area (Å²) < 4.78 is 85.8. The van der Waals surface area contributed by atoms with E-state index in [4.69, 9.17) is 33.4 Å². The van der Waals surface area contributed by atoms with Crippen LogP contribution in [0.25, 0.3) is 11.1 Å². The molecule has 378 valence electrons. The third-order valence-corrected chi connectivity index (χ3v) is 17.2. The Balaban J connectivity index is 0.870. The number of aromatic nitrogens is 1. The lowest BCUT2D eigenvalue weighted by Crippen LogP contribution is -2.50. The third kappa shape index (κ3) is 9.85. The first-order valence-electron chi connectivity index (χ1n) is 23.6. The molecule has 0 spiro atoms. The molecular formula is C53H57N5O12S2. The highest BCUT2D eigenvalue weighted by molar-refractivity contribution is 7.91. The number of amides is 2. The standard InChI is InChI=1S/C53H57N5O12S2/c1-7-71(61,62)38-16-12-32(13-17-38)34-20-22-57-44(24-34)50(67-5)55-42-28-48(46(65-3)26-40(42)52(57)59)69-30-36-10-9-11-37(54-36)31-70-49-29-43-41(27-47(49)66-4)53(60)58-23-21-35(25-45(58)51(56-43)68-6)33-14-18-39(19-15-33)72(63,64)8-2/h9-21,26-29,44-45,50-51,55-56H,7-8,22-25,30-31H2,1-6H3/t44-,45-,50?,51?/m0/s1. The summed E-state index contributed by atoms with van der Waals surface area (Å²) in [6.07, 6.45) is 3.74. The van der Waals surface area contributed by atoms with Gasteiger partial charge in [0.1, 0.15) is 25.7 Å². The van der Waals surface area contributed by atoms with E-state index < -0.39 is 32.1 Å². The number of nitrogens with one attached hydrogen (secondary N) is 2. The first-order valence-corrected chi connectivity index (χ1v) is 26.9. The van der Waals surface area contributed by atoms with Gasteiger partial charge in [0.25, 0.3) is 11.8 Å². The van der Waals surface area contributed by atoms with Crippen molar-refractivity contribution in [2.24, 2.45) is 0 Å². The zero-order chi connectivity index (χ0) is 50.9. The number of hydrogen-bond donors (Lipinski definition) is 2. The van der Waals surface area contributed by atoms with Crippen LogP contribution < -0.4 is 29.6 Å². The van der Waals surface area contributed by atoms with E-state index in [1.807, 2.05) is 30.4 Å². The van der Waals surface area contributed by atoms with Gasteiger partial charge < -0.3 is 48.9 Å². The Morgan fingerprint density at radius 1 is 0.569 bits per heavy atom. The highest BCUT2D eigenvalue weighted by Crippen LogP contribution is 2.42. The number of carbonyl (C=O) groups excluding carboxylic acids is 2. The highest BCUT2D eigenvalue weighted by atomic mass is 32.2. The maximum atomic E-state index is 14.2. The van der Waals surface area contributed by atoms with Crippen LogP contribution in [0.5, 0.6) is 23.0 Å². The van der Waals surface area contributed by atoms with E-state index in [1.165, 1.54) is 14.2 Å². The number of nitrogens with zero attached hydrogens (tertiary/aromatic N) is 3. The molecule has 0 saturated heterocycles. The van der Waals surface area contributed by atoms with Crippen LogP contribution in [-0.2, 0) is 42.4 Å². The van der Waals surface area contributed by atoms with E-state index in [0.717, 1.165) is 22.3 Å². The number of hydrogen-bond acceptors (Lipinski definition) is 15. The molecular weight excluding hydrogens is 963 g/mol. The van der Waals surface area contributed by atoms with E-state index in [1.54, 1.807) is 111 Å². The van der Waals surface area contributed by atoms with E-state index >= 15 is 0 Å². The topological polar surface area (TPSA) is 201 Å². The Kier molecular flexibility index (Phi) is 14.4. The number of pyridine rings is 1. The normalized spacial score (nSPS) is 19.7. The van der Waals surface area contributed by atoms with Crippen molar-refractivity contribution in [3.8, 4) is 23.0 Å². The van der Waals surface area contributed by atoms with Crippen molar-refractivity contribution in [2.45, 2.75) is 74.2 Å². The summed E-state index contributed by atoms with van der Waals surface area (Å²) in [7, 11) is -0.499. The van der Waals surface area contributed by atoms with Crippen LogP contribution >= 0.6 is 0 Å². The van der Waals surface area contributed by atoms with Gasteiger partial charge in [0.05, 0.1) is 81.5 Å². The van der Waals surface area contributed by atoms with Gasteiger partial charge in [-0.1, -0.05) is 56.3 Å². The van der Waals surface area contributed by atoms with E-state index in [-0.39, 0.29) is 58.4 Å². The van der Waals surface area contributed by atoms with Crippen molar-refractivity contribution in [2.75, 3.05) is 63.7 Å². The maximum absolute atomic E-state index is 14.2. The third-order valence-electron chi connectivity index (χ3n) is 13.7. The number of fused-ring (bicyclic) bond motifs is 4. The van der Waals surface area contributed by atoms with Gasteiger partial charge in [-0.2, -0.15) is 0 Å². The minimum absolute atomic E-state index is 0.0163. The number of benzene rings is 4. The van der Waals surface area contributed by atoms with Crippen molar-refractivity contribution < 1.29 is 54.8 Å². The summed E-state index contributed by atoms with van der Waals surface area (Å²) in [6.45, 7) is 3.98. The van der Waals surface area contributed by atoms with Gasteiger partial charge in [-0.15, -0.1) is 0 Å². The van der Waals surface area contributed by atoms with E-state index in [0.29, 0.717) is 82.8 Å². The van der Waals surface area contributed by atoms with Crippen molar-refractivity contribution >= 4 is 54.0 Å². The monoisotopic (exact) mass is 1020 g/mol. The zero-order valence-corrected chi connectivity index (χ0v) is 42.5. The molecule has 4 aromatic carbocycles. The molecule has 2 unspecified atom stereocenters. The fourth-order valence-corrected chi connectivity index (χ4v) is 11.4. The molecule has 72 heavy (non-hydrogen) atoms. The lowest BCUT2D eigenvalue weighted by Gasteiger charge is -2.37. The minimum Gasteiger partial charge on any atom is -0.493 e. The molecule has 1 aromatic heterocycles. The number of rotatable bonds is 16. The maximum Gasteiger partial charge on any atom is 0.256 e. The summed E-state index contributed by atoms with van der Waals surface area (Å²) in [6, 6.07) is 25.2. The second-order valence-electron chi connectivity index (χ2n) is 17.7. The zero-order valence-electron chi connectivity index (χ0n) is 40.8. The van der Waals surface area contributed by atoms with E-state index in [9.17, 15) is 26.4 Å². The van der Waals surface area contributed by atoms with Crippen LogP contribution in [0, 0.1) is 0 Å². The molecule has 17 nitrogen and oxygen atoms in total. The molecule has 0 bridgehead atoms. The minimum atomic E-state index is -3.34. The number of methoxy groups -OCH3 is 4. The fraction of sp³-hybridized carbons (Fsp3) is 0.340. The molecule has 5 heterocycles. The summed E-state index contributed by atoms with van der Waals surface area (Å²) in [5, 5.41) is 6.85. The fourth-order valence-electron chi connectivity index (χ4n) is 9.58. The Bertz CT molecular complexity index is 2970. The highest BCUT2D eigenvalue weighted by Gasteiger charge is 2.41.